The second-order valence-electron chi connectivity index (χ2n) is 6.37. The zero-order chi connectivity index (χ0) is 17.4. The second kappa shape index (κ2) is 6.13. The fraction of sp³-hybridized carbons (Fsp3) is 0.143. The van der Waals surface area contributed by atoms with Gasteiger partial charge in [0.25, 0.3) is 0 Å². The Morgan fingerprint density at radius 2 is 1.60 bits per heavy atom. The van der Waals surface area contributed by atoms with E-state index in [1.54, 1.807) is 24.5 Å². The third-order valence-electron chi connectivity index (χ3n) is 4.36. The molecule has 0 aliphatic rings. The first-order valence-electron chi connectivity index (χ1n) is 8.33. The normalized spacial score (nSPS) is 11.4. The molecule has 0 aliphatic carbocycles. The molecule has 3 nitrogen and oxygen atoms in total. The molecule has 0 fully saturated rings. The van der Waals surface area contributed by atoms with E-state index < -0.39 is 0 Å². The van der Waals surface area contributed by atoms with E-state index in [1.807, 2.05) is 16.6 Å². The van der Waals surface area contributed by atoms with Gasteiger partial charge in [-0.1, -0.05) is 19.9 Å². The summed E-state index contributed by atoms with van der Waals surface area (Å²) in [5, 5.41) is 4.88. The number of hydrogen-bond acceptors (Lipinski definition) is 2. The highest BCUT2D eigenvalue weighted by molar-refractivity contribution is 5.92. The zero-order valence-electron chi connectivity index (χ0n) is 14.1. The third kappa shape index (κ3) is 2.70. The number of halogens is 1. The average Bonchev–Trinajstić information content (AvgIpc) is 3.02. The Bertz CT molecular complexity index is 1020. The monoisotopic (exact) mass is 331 g/mol. The van der Waals surface area contributed by atoms with Crippen molar-refractivity contribution in [1.82, 2.24) is 14.6 Å². The molecule has 4 heteroatoms. The molecule has 0 saturated heterocycles. The van der Waals surface area contributed by atoms with Gasteiger partial charge in [-0.25, -0.2) is 8.91 Å². The molecule has 4 rings (SSSR count). The van der Waals surface area contributed by atoms with Gasteiger partial charge in [-0.15, -0.1) is 0 Å². The van der Waals surface area contributed by atoms with E-state index in [1.165, 1.54) is 12.1 Å². The first-order chi connectivity index (χ1) is 12.1. The summed E-state index contributed by atoms with van der Waals surface area (Å²) in [6.07, 6.45) is 3.55. The quantitative estimate of drug-likeness (QED) is 0.508. The van der Waals surface area contributed by atoms with Crippen LogP contribution in [0.4, 0.5) is 4.39 Å². The standard InChI is InChI=1S/C21H18FN3/c1-14(2)18-4-3-5-19-20(15-10-12-23-13-11-15)21(24-25(18)19)16-6-8-17(22)9-7-16/h3-14H,1-2H3. The van der Waals surface area contributed by atoms with Crippen LogP contribution in [0.3, 0.4) is 0 Å². The molecule has 25 heavy (non-hydrogen) atoms. The second-order valence-corrected chi connectivity index (χ2v) is 6.37. The number of benzene rings is 1. The van der Waals surface area contributed by atoms with Crippen LogP contribution in [0.5, 0.6) is 0 Å². The minimum atomic E-state index is -0.249. The molecule has 3 heterocycles. The van der Waals surface area contributed by atoms with Gasteiger partial charge in [-0.05, 0) is 60.0 Å². The third-order valence-corrected chi connectivity index (χ3v) is 4.36. The lowest BCUT2D eigenvalue weighted by molar-refractivity contribution is 0.628. The number of nitrogens with zero attached hydrogens (tertiary/aromatic N) is 3. The molecule has 3 aromatic heterocycles. The Balaban J connectivity index is 2.07. The summed E-state index contributed by atoms with van der Waals surface area (Å²) >= 11 is 0. The van der Waals surface area contributed by atoms with Crippen LogP contribution >= 0.6 is 0 Å². The van der Waals surface area contributed by atoms with Crippen LogP contribution in [0.2, 0.25) is 0 Å². The largest absolute Gasteiger partial charge is 0.265 e. The molecule has 0 unspecified atom stereocenters. The van der Waals surface area contributed by atoms with Crippen molar-refractivity contribution in [3.63, 3.8) is 0 Å². The van der Waals surface area contributed by atoms with Gasteiger partial charge in [0.05, 0.1) is 5.52 Å². The smallest absolute Gasteiger partial charge is 0.123 e. The van der Waals surface area contributed by atoms with Crippen molar-refractivity contribution in [2.45, 2.75) is 19.8 Å². The predicted octanol–water partition coefficient (Wildman–Crippen LogP) is 5.33. The van der Waals surface area contributed by atoms with E-state index in [0.717, 1.165) is 33.6 Å². The van der Waals surface area contributed by atoms with Crippen LogP contribution in [-0.4, -0.2) is 14.6 Å². The highest BCUT2D eigenvalue weighted by atomic mass is 19.1. The lowest BCUT2D eigenvalue weighted by Crippen LogP contribution is -2.00. The molecule has 0 bridgehead atoms. The van der Waals surface area contributed by atoms with E-state index in [0.29, 0.717) is 5.92 Å². The van der Waals surface area contributed by atoms with Gasteiger partial charge in [0.1, 0.15) is 11.5 Å². The van der Waals surface area contributed by atoms with Gasteiger partial charge in [-0.3, -0.25) is 4.98 Å². The van der Waals surface area contributed by atoms with Crippen molar-refractivity contribution >= 4 is 5.52 Å². The van der Waals surface area contributed by atoms with Crippen molar-refractivity contribution in [3.8, 4) is 22.4 Å². The molecule has 4 aromatic rings. The number of rotatable bonds is 3. The van der Waals surface area contributed by atoms with Crippen molar-refractivity contribution in [2.75, 3.05) is 0 Å². The van der Waals surface area contributed by atoms with E-state index in [-0.39, 0.29) is 5.82 Å². The lowest BCUT2D eigenvalue weighted by atomic mass is 10.0. The number of aromatic nitrogens is 3. The minimum Gasteiger partial charge on any atom is -0.265 e. The Labute approximate surface area is 145 Å². The van der Waals surface area contributed by atoms with Crippen molar-refractivity contribution in [3.05, 3.63) is 78.5 Å². The molecular weight excluding hydrogens is 313 g/mol. The Hall–Kier alpha value is -3.01. The molecule has 0 radical (unpaired) electrons. The predicted molar refractivity (Wildman–Crippen MR) is 97.9 cm³/mol. The minimum absolute atomic E-state index is 0.249. The molecule has 0 amide bonds. The molecule has 0 spiro atoms. The maximum absolute atomic E-state index is 13.4. The Morgan fingerprint density at radius 1 is 0.880 bits per heavy atom. The fourth-order valence-corrected chi connectivity index (χ4v) is 3.14. The molecule has 124 valence electrons. The van der Waals surface area contributed by atoms with Crippen LogP contribution in [-0.2, 0) is 0 Å². The summed E-state index contributed by atoms with van der Waals surface area (Å²) in [4.78, 5) is 4.12. The first-order valence-corrected chi connectivity index (χ1v) is 8.33. The van der Waals surface area contributed by atoms with Gasteiger partial charge < -0.3 is 0 Å². The maximum Gasteiger partial charge on any atom is 0.123 e. The first kappa shape index (κ1) is 15.5. The van der Waals surface area contributed by atoms with Gasteiger partial charge in [0, 0.05) is 29.2 Å². The number of pyridine rings is 2. The fourth-order valence-electron chi connectivity index (χ4n) is 3.14. The highest BCUT2D eigenvalue weighted by Gasteiger charge is 2.18. The van der Waals surface area contributed by atoms with Gasteiger partial charge in [0.2, 0.25) is 0 Å². The number of hydrogen-bond donors (Lipinski definition) is 0. The van der Waals surface area contributed by atoms with Gasteiger partial charge in [-0.2, -0.15) is 5.10 Å². The molecular formula is C21H18FN3. The van der Waals surface area contributed by atoms with Crippen LogP contribution in [0.1, 0.15) is 25.5 Å². The average molecular weight is 331 g/mol. The molecule has 0 aliphatic heterocycles. The summed E-state index contributed by atoms with van der Waals surface area (Å²) in [6, 6.07) is 16.7. The summed E-state index contributed by atoms with van der Waals surface area (Å²) in [6.45, 7) is 4.31. The van der Waals surface area contributed by atoms with Crippen molar-refractivity contribution in [1.29, 1.82) is 0 Å². The summed E-state index contributed by atoms with van der Waals surface area (Å²) in [5.74, 6) is 0.0933. The van der Waals surface area contributed by atoms with Gasteiger partial charge in [0.15, 0.2) is 0 Å². The molecule has 0 atom stereocenters. The van der Waals surface area contributed by atoms with Crippen LogP contribution in [0.15, 0.2) is 67.0 Å². The van der Waals surface area contributed by atoms with E-state index >= 15 is 0 Å². The SMILES string of the molecule is CC(C)c1cccc2c(-c3ccncc3)c(-c3ccc(F)cc3)nn12. The van der Waals surface area contributed by atoms with Crippen LogP contribution < -0.4 is 0 Å². The highest BCUT2D eigenvalue weighted by Crippen LogP contribution is 2.36. The van der Waals surface area contributed by atoms with Crippen LogP contribution in [0, 0.1) is 5.82 Å². The zero-order valence-corrected chi connectivity index (χ0v) is 14.1. The van der Waals surface area contributed by atoms with E-state index in [2.05, 4.69) is 37.0 Å². The van der Waals surface area contributed by atoms with Gasteiger partial charge >= 0.3 is 0 Å². The topological polar surface area (TPSA) is 30.2 Å². The van der Waals surface area contributed by atoms with Crippen LogP contribution in [0.25, 0.3) is 27.9 Å². The van der Waals surface area contributed by atoms with Crippen molar-refractivity contribution in [2.24, 2.45) is 0 Å². The maximum atomic E-state index is 13.4. The van der Waals surface area contributed by atoms with E-state index in [9.17, 15) is 4.39 Å². The van der Waals surface area contributed by atoms with Crippen molar-refractivity contribution < 1.29 is 4.39 Å². The summed E-state index contributed by atoms with van der Waals surface area (Å²) < 4.78 is 15.4. The molecule has 0 N–H and O–H groups in total. The summed E-state index contributed by atoms with van der Waals surface area (Å²) in [5.41, 5.74) is 6.01. The van der Waals surface area contributed by atoms with E-state index in [4.69, 9.17) is 5.10 Å². The summed E-state index contributed by atoms with van der Waals surface area (Å²) in [7, 11) is 0. The Kier molecular flexibility index (Phi) is 3.80. The number of fused-ring (bicyclic) bond motifs is 1. The molecule has 0 saturated carbocycles. The lowest BCUT2D eigenvalue weighted by Gasteiger charge is -2.08. The Morgan fingerprint density at radius 3 is 2.28 bits per heavy atom. The molecule has 1 aromatic carbocycles.